The molecule has 2 aromatic rings. The number of aromatic nitrogens is 3. The molecule has 1 heterocycles. The Hall–Kier alpha value is -1.27. The monoisotopic (exact) mass is 337 g/mol. The maximum Gasteiger partial charge on any atom is 0.278 e. The first-order valence-corrected chi connectivity index (χ1v) is 7.53. The summed E-state index contributed by atoms with van der Waals surface area (Å²) in [4.78, 5) is 12.6. The lowest BCUT2D eigenvalue weighted by Crippen LogP contribution is -2.32. The van der Waals surface area contributed by atoms with Gasteiger partial charge >= 0.3 is 0 Å². The Morgan fingerprint density at radius 3 is 2.75 bits per heavy atom. The van der Waals surface area contributed by atoms with E-state index in [9.17, 15) is 9.90 Å². The molecule has 0 unspecified atom stereocenters. The van der Waals surface area contributed by atoms with Crippen LogP contribution >= 0.6 is 15.9 Å². The van der Waals surface area contributed by atoms with Crippen LogP contribution in [-0.4, -0.2) is 26.2 Å². The summed E-state index contributed by atoms with van der Waals surface area (Å²) >= 11 is 3.48. The molecule has 0 bridgehead atoms. The van der Waals surface area contributed by atoms with Crippen LogP contribution in [0.25, 0.3) is 10.9 Å². The van der Waals surface area contributed by atoms with E-state index in [4.69, 9.17) is 0 Å². The number of aliphatic hydroxyl groups is 1. The third kappa shape index (κ3) is 1.98. The van der Waals surface area contributed by atoms with E-state index in [1.807, 2.05) is 13.8 Å². The zero-order valence-corrected chi connectivity index (χ0v) is 13.0. The minimum atomic E-state index is -0.505. The maximum atomic E-state index is 12.6. The molecular weight excluding hydrogens is 322 g/mol. The molecule has 1 aliphatic carbocycles. The lowest BCUT2D eigenvalue weighted by Gasteiger charge is -2.16. The predicted molar refractivity (Wildman–Crippen MR) is 79.9 cm³/mol. The molecule has 5 nitrogen and oxygen atoms in total. The Kier molecular flexibility index (Phi) is 3.38. The molecule has 1 aliphatic rings. The van der Waals surface area contributed by atoms with Crippen LogP contribution in [0.1, 0.15) is 36.4 Å². The minimum absolute atomic E-state index is 0.176. The fraction of sp³-hybridized carbons (Fsp3) is 0.500. The summed E-state index contributed by atoms with van der Waals surface area (Å²) < 4.78 is 2.24. The van der Waals surface area contributed by atoms with Crippen molar-refractivity contribution >= 4 is 26.8 Å². The van der Waals surface area contributed by atoms with Gasteiger partial charge in [0.2, 0.25) is 0 Å². The van der Waals surface area contributed by atoms with Gasteiger partial charge in [-0.3, -0.25) is 4.79 Å². The molecule has 2 atom stereocenters. The molecule has 0 saturated heterocycles. The fourth-order valence-electron chi connectivity index (χ4n) is 2.83. The van der Waals surface area contributed by atoms with Crippen molar-refractivity contribution in [1.29, 1.82) is 0 Å². The molecule has 6 heteroatoms. The summed E-state index contributed by atoms with van der Waals surface area (Å²) in [5.74, 6) is 0. The number of aliphatic hydroxyl groups excluding tert-OH is 1. The SMILES string of the molecule is Cc1c(Br)cc2c(=O)n([C@@H]3CCC[C@H]3O)nnc2c1C. The van der Waals surface area contributed by atoms with E-state index < -0.39 is 6.10 Å². The molecule has 1 N–H and O–H groups in total. The van der Waals surface area contributed by atoms with Gasteiger partial charge in [0.15, 0.2) is 0 Å². The third-order valence-corrected chi connectivity index (χ3v) is 5.06. The highest BCUT2D eigenvalue weighted by Crippen LogP contribution is 2.29. The van der Waals surface area contributed by atoms with Crippen molar-refractivity contribution in [3.05, 3.63) is 32.0 Å². The van der Waals surface area contributed by atoms with Crippen molar-refractivity contribution in [2.24, 2.45) is 0 Å². The molecule has 1 saturated carbocycles. The second-order valence-electron chi connectivity index (χ2n) is 5.41. The summed E-state index contributed by atoms with van der Waals surface area (Å²) in [6.07, 6.45) is 1.89. The second-order valence-corrected chi connectivity index (χ2v) is 6.26. The average molecular weight is 338 g/mol. The highest BCUT2D eigenvalue weighted by Gasteiger charge is 2.29. The first kappa shape index (κ1) is 13.7. The van der Waals surface area contributed by atoms with E-state index in [1.165, 1.54) is 4.68 Å². The van der Waals surface area contributed by atoms with Gasteiger partial charge in [0, 0.05) is 4.47 Å². The standard InChI is InChI=1S/C14H16BrN3O2/c1-7-8(2)13-9(6-10(7)15)14(20)18(17-16-13)11-4-3-5-12(11)19/h6,11-12,19H,3-5H2,1-2H3/t11-,12-/m1/s1. The zero-order valence-electron chi connectivity index (χ0n) is 11.4. The Balaban J connectivity index is 2.26. The number of hydrogen-bond donors (Lipinski definition) is 1. The van der Waals surface area contributed by atoms with Crippen LogP contribution in [-0.2, 0) is 0 Å². The largest absolute Gasteiger partial charge is 0.391 e. The molecule has 0 aliphatic heterocycles. The topological polar surface area (TPSA) is 68.0 Å². The van der Waals surface area contributed by atoms with Crippen molar-refractivity contribution < 1.29 is 5.11 Å². The van der Waals surface area contributed by atoms with E-state index >= 15 is 0 Å². The van der Waals surface area contributed by atoms with Gasteiger partial charge < -0.3 is 5.11 Å². The number of rotatable bonds is 1. The Bertz CT molecular complexity index is 741. The van der Waals surface area contributed by atoms with Gasteiger partial charge in [-0.2, -0.15) is 0 Å². The van der Waals surface area contributed by atoms with Crippen molar-refractivity contribution in [2.45, 2.75) is 45.3 Å². The molecule has 3 rings (SSSR count). The van der Waals surface area contributed by atoms with Crippen molar-refractivity contribution in [1.82, 2.24) is 15.0 Å². The Morgan fingerprint density at radius 1 is 1.35 bits per heavy atom. The van der Waals surface area contributed by atoms with Crippen LogP contribution in [0, 0.1) is 13.8 Å². The predicted octanol–water partition coefficient (Wildman–Crippen LogP) is 2.26. The van der Waals surface area contributed by atoms with Gasteiger partial charge in [-0.15, -0.1) is 5.10 Å². The van der Waals surface area contributed by atoms with Crippen LogP contribution in [0.5, 0.6) is 0 Å². The fourth-order valence-corrected chi connectivity index (χ4v) is 3.36. The zero-order chi connectivity index (χ0) is 14.4. The maximum absolute atomic E-state index is 12.6. The summed E-state index contributed by atoms with van der Waals surface area (Å²) in [7, 11) is 0. The molecule has 0 spiro atoms. The average Bonchev–Trinajstić information content (AvgIpc) is 2.84. The van der Waals surface area contributed by atoms with Crippen LogP contribution < -0.4 is 5.56 Å². The van der Waals surface area contributed by atoms with Gasteiger partial charge in [-0.05, 0) is 50.3 Å². The van der Waals surface area contributed by atoms with Crippen LogP contribution in [0.3, 0.4) is 0 Å². The molecule has 0 amide bonds. The highest BCUT2D eigenvalue weighted by atomic mass is 79.9. The second kappa shape index (κ2) is 4.93. The summed E-state index contributed by atoms with van der Waals surface area (Å²) in [6, 6.07) is 1.55. The molecule has 1 aromatic heterocycles. The molecule has 1 aromatic carbocycles. The first-order valence-electron chi connectivity index (χ1n) is 6.73. The van der Waals surface area contributed by atoms with Crippen LogP contribution in [0.4, 0.5) is 0 Å². The quantitative estimate of drug-likeness (QED) is 0.866. The van der Waals surface area contributed by atoms with Gasteiger partial charge in [0.1, 0.15) is 5.52 Å². The van der Waals surface area contributed by atoms with Crippen LogP contribution in [0.15, 0.2) is 15.3 Å². The summed E-state index contributed by atoms with van der Waals surface area (Å²) in [5, 5.41) is 18.8. The number of fused-ring (bicyclic) bond motifs is 1. The number of hydrogen-bond acceptors (Lipinski definition) is 4. The van der Waals surface area contributed by atoms with Gasteiger partial charge in [-0.1, -0.05) is 21.1 Å². The van der Waals surface area contributed by atoms with Crippen molar-refractivity contribution in [2.75, 3.05) is 0 Å². The number of aryl methyl sites for hydroxylation is 1. The first-order chi connectivity index (χ1) is 9.50. The number of nitrogens with zero attached hydrogens (tertiary/aromatic N) is 3. The molecule has 20 heavy (non-hydrogen) atoms. The van der Waals surface area contributed by atoms with Crippen molar-refractivity contribution in [3.8, 4) is 0 Å². The van der Waals surface area contributed by atoms with E-state index in [0.29, 0.717) is 17.3 Å². The minimum Gasteiger partial charge on any atom is -0.391 e. The van der Waals surface area contributed by atoms with Crippen LogP contribution in [0.2, 0.25) is 0 Å². The van der Waals surface area contributed by atoms with E-state index in [1.54, 1.807) is 6.07 Å². The van der Waals surface area contributed by atoms with E-state index in [-0.39, 0.29) is 11.6 Å². The van der Waals surface area contributed by atoms with Gasteiger partial charge in [0.05, 0.1) is 17.5 Å². The van der Waals surface area contributed by atoms with Gasteiger partial charge in [-0.25, -0.2) is 4.68 Å². The smallest absolute Gasteiger partial charge is 0.278 e. The lowest BCUT2D eigenvalue weighted by molar-refractivity contribution is 0.126. The molecule has 0 radical (unpaired) electrons. The summed E-state index contributed by atoms with van der Waals surface area (Å²) in [6.45, 7) is 3.91. The van der Waals surface area contributed by atoms with E-state index in [0.717, 1.165) is 28.4 Å². The summed E-state index contributed by atoms with van der Waals surface area (Å²) in [5.41, 5.74) is 2.48. The Morgan fingerprint density at radius 2 is 2.10 bits per heavy atom. The van der Waals surface area contributed by atoms with Crippen molar-refractivity contribution in [3.63, 3.8) is 0 Å². The highest BCUT2D eigenvalue weighted by molar-refractivity contribution is 9.10. The number of halogens is 1. The Labute approximate surface area is 124 Å². The number of benzene rings is 1. The van der Waals surface area contributed by atoms with E-state index in [2.05, 4.69) is 26.2 Å². The lowest BCUT2D eigenvalue weighted by atomic mass is 10.1. The van der Waals surface area contributed by atoms with Gasteiger partial charge in [0.25, 0.3) is 5.56 Å². The molecule has 106 valence electrons. The molecule has 1 fully saturated rings. The molecular formula is C14H16BrN3O2. The normalized spacial score (nSPS) is 22.6. The third-order valence-electron chi connectivity index (χ3n) is 4.24.